The molecule has 1 rings (SSSR count). The summed E-state index contributed by atoms with van der Waals surface area (Å²) < 4.78 is 4.86. The van der Waals surface area contributed by atoms with E-state index >= 15 is 0 Å². The molecule has 1 aliphatic carbocycles. The van der Waals surface area contributed by atoms with Gasteiger partial charge in [-0.05, 0) is 25.2 Å². The Labute approximate surface area is 61.8 Å². The Kier molecular flexibility index (Phi) is 2.56. The first-order chi connectivity index (χ1) is 4.83. The Hall–Kier alpha value is -0.710. The molecule has 0 N–H and O–H groups in total. The highest BCUT2D eigenvalue weighted by atomic mass is 16.5. The zero-order chi connectivity index (χ0) is 7.40. The van der Waals surface area contributed by atoms with Gasteiger partial charge in [-0.1, -0.05) is 13.3 Å². The Bertz CT molecular complexity index is 139. The summed E-state index contributed by atoms with van der Waals surface area (Å²) in [6.07, 6.45) is 6.62. The molecule has 0 aromatic carbocycles. The van der Waals surface area contributed by atoms with Crippen LogP contribution in [0.1, 0.15) is 32.6 Å². The first-order valence-corrected chi connectivity index (χ1v) is 3.87. The number of nitriles is 1. The molecule has 1 saturated carbocycles. The molecule has 0 radical (unpaired) electrons. The minimum absolute atomic E-state index is 0.216. The van der Waals surface area contributed by atoms with E-state index in [4.69, 9.17) is 10.00 Å². The van der Waals surface area contributed by atoms with Gasteiger partial charge in [0.2, 0.25) is 0 Å². The Balaban J connectivity index is 2.27. The first-order valence-electron chi connectivity index (χ1n) is 3.87. The van der Waals surface area contributed by atoms with Gasteiger partial charge in [-0.15, -0.1) is 0 Å². The highest BCUT2D eigenvalue weighted by Gasteiger charge is 2.19. The van der Waals surface area contributed by atoms with Crippen molar-refractivity contribution in [3.63, 3.8) is 0 Å². The molecule has 1 aliphatic rings. The zero-order valence-corrected chi connectivity index (χ0v) is 6.34. The molecule has 0 spiro atoms. The van der Waals surface area contributed by atoms with Crippen LogP contribution in [0.25, 0.3) is 0 Å². The third-order valence-electron chi connectivity index (χ3n) is 2.11. The quantitative estimate of drug-likeness (QED) is 0.521. The molecule has 0 heterocycles. The molecule has 2 unspecified atom stereocenters. The summed E-state index contributed by atoms with van der Waals surface area (Å²) in [7, 11) is 0. The molecule has 56 valence electrons. The SMILES string of the molecule is CC1CCCC(OC#N)C1. The van der Waals surface area contributed by atoms with Gasteiger partial charge < -0.3 is 4.74 Å². The average molecular weight is 139 g/mol. The predicted octanol–water partition coefficient (Wildman–Crippen LogP) is 2.06. The third kappa shape index (κ3) is 1.91. The zero-order valence-electron chi connectivity index (χ0n) is 6.34. The van der Waals surface area contributed by atoms with Crippen LogP contribution in [0.3, 0.4) is 0 Å². The lowest BCUT2D eigenvalue weighted by Crippen LogP contribution is -2.19. The van der Waals surface area contributed by atoms with Crippen LogP contribution in [-0.2, 0) is 4.74 Å². The van der Waals surface area contributed by atoms with Crippen LogP contribution in [0.4, 0.5) is 0 Å². The highest BCUT2D eigenvalue weighted by Crippen LogP contribution is 2.25. The van der Waals surface area contributed by atoms with Gasteiger partial charge in [0.25, 0.3) is 6.26 Å². The first kappa shape index (κ1) is 7.40. The van der Waals surface area contributed by atoms with E-state index in [1.54, 1.807) is 6.26 Å². The van der Waals surface area contributed by atoms with Gasteiger partial charge in [0, 0.05) is 0 Å². The standard InChI is InChI=1S/C8H13NO/c1-7-3-2-4-8(5-7)10-6-9/h7-8H,2-5H2,1H3. The number of hydrogen-bond donors (Lipinski definition) is 0. The molecular weight excluding hydrogens is 126 g/mol. The van der Waals surface area contributed by atoms with Crippen molar-refractivity contribution < 1.29 is 4.74 Å². The van der Waals surface area contributed by atoms with E-state index in [-0.39, 0.29) is 6.10 Å². The van der Waals surface area contributed by atoms with Crippen molar-refractivity contribution in [2.24, 2.45) is 5.92 Å². The van der Waals surface area contributed by atoms with Crippen molar-refractivity contribution in [2.45, 2.75) is 38.7 Å². The summed E-state index contributed by atoms with van der Waals surface area (Å²) in [6, 6.07) is 0. The van der Waals surface area contributed by atoms with Crippen molar-refractivity contribution in [2.75, 3.05) is 0 Å². The average Bonchev–Trinajstić information content (AvgIpc) is 1.88. The lowest BCUT2D eigenvalue weighted by Gasteiger charge is -2.23. The van der Waals surface area contributed by atoms with Gasteiger partial charge in [0.15, 0.2) is 0 Å². The molecule has 2 heteroatoms. The van der Waals surface area contributed by atoms with Gasteiger partial charge in [0.1, 0.15) is 6.10 Å². The van der Waals surface area contributed by atoms with E-state index in [2.05, 4.69) is 6.92 Å². The summed E-state index contributed by atoms with van der Waals surface area (Å²) in [5.41, 5.74) is 0. The fraction of sp³-hybridized carbons (Fsp3) is 0.875. The van der Waals surface area contributed by atoms with E-state index in [1.807, 2.05) is 0 Å². The van der Waals surface area contributed by atoms with E-state index in [1.165, 1.54) is 12.8 Å². The molecule has 0 aromatic rings. The fourth-order valence-corrected chi connectivity index (χ4v) is 1.56. The maximum atomic E-state index is 8.23. The minimum atomic E-state index is 0.216. The molecule has 0 aromatic heterocycles. The van der Waals surface area contributed by atoms with Crippen LogP contribution in [0, 0.1) is 17.4 Å². The number of hydrogen-bond acceptors (Lipinski definition) is 2. The maximum Gasteiger partial charge on any atom is 0.286 e. The second-order valence-corrected chi connectivity index (χ2v) is 3.10. The normalized spacial score (nSPS) is 32.8. The summed E-state index contributed by atoms with van der Waals surface area (Å²) in [5.74, 6) is 0.743. The van der Waals surface area contributed by atoms with Crippen molar-refractivity contribution in [1.82, 2.24) is 0 Å². The minimum Gasteiger partial charge on any atom is -0.424 e. The number of nitrogens with zero attached hydrogens (tertiary/aromatic N) is 1. The Morgan fingerprint density at radius 3 is 2.90 bits per heavy atom. The number of ether oxygens (including phenoxy) is 1. The van der Waals surface area contributed by atoms with E-state index in [0.29, 0.717) is 0 Å². The molecular formula is C8H13NO. The molecule has 1 fully saturated rings. The van der Waals surface area contributed by atoms with Crippen LogP contribution < -0.4 is 0 Å². The fourth-order valence-electron chi connectivity index (χ4n) is 1.56. The van der Waals surface area contributed by atoms with Gasteiger partial charge in [-0.25, -0.2) is 0 Å². The summed E-state index contributed by atoms with van der Waals surface area (Å²) in [6.45, 7) is 2.22. The van der Waals surface area contributed by atoms with Crippen LogP contribution in [0.5, 0.6) is 0 Å². The lowest BCUT2D eigenvalue weighted by atomic mass is 9.89. The van der Waals surface area contributed by atoms with Crippen LogP contribution in [-0.4, -0.2) is 6.10 Å². The van der Waals surface area contributed by atoms with Gasteiger partial charge in [-0.3, -0.25) is 0 Å². The smallest absolute Gasteiger partial charge is 0.286 e. The Morgan fingerprint density at radius 2 is 2.30 bits per heavy atom. The van der Waals surface area contributed by atoms with Gasteiger partial charge >= 0.3 is 0 Å². The lowest BCUT2D eigenvalue weighted by molar-refractivity contribution is 0.0984. The second-order valence-electron chi connectivity index (χ2n) is 3.10. The largest absolute Gasteiger partial charge is 0.424 e. The van der Waals surface area contributed by atoms with Gasteiger partial charge in [-0.2, -0.15) is 5.26 Å². The molecule has 0 aliphatic heterocycles. The molecule has 2 atom stereocenters. The van der Waals surface area contributed by atoms with Crippen molar-refractivity contribution in [1.29, 1.82) is 5.26 Å². The summed E-state index contributed by atoms with van der Waals surface area (Å²) in [5, 5.41) is 8.23. The topological polar surface area (TPSA) is 33.0 Å². The van der Waals surface area contributed by atoms with E-state index in [0.717, 1.165) is 18.8 Å². The number of rotatable bonds is 1. The highest BCUT2D eigenvalue weighted by molar-refractivity contribution is 4.72. The van der Waals surface area contributed by atoms with Crippen LogP contribution in [0.2, 0.25) is 0 Å². The third-order valence-corrected chi connectivity index (χ3v) is 2.11. The van der Waals surface area contributed by atoms with Crippen LogP contribution in [0.15, 0.2) is 0 Å². The molecule has 0 saturated heterocycles. The summed E-state index contributed by atoms with van der Waals surface area (Å²) >= 11 is 0. The molecule has 0 bridgehead atoms. The van der Waals surface area contributed by atoms with E-state index in [9.17, 15) is 0 Å². The Morgan fingerprint density at radius 1 is 1.50 bits per heavy atom. The summed E-state index contributed by atoms with van der Waals surface area (Å²) in [4.78, 5) is 0. The van der Waals surface area contributed by atoms with Crippen LogP contribution >= 0.6 is 0 Å². The second kappa shape index (κ2) is 3.46. The van der Waals surface area contributed by atoms with E-state index < -0.39 is 0 Å². The molecule has 10 heavy (non-hydrogen) atoms. The molecule has 2 nitrogen and oxygen atoms in total. The molecule has 0 amide bonds. The monoisotopic (exact) mass is 139 g/mol. The van der Waals surface area contributed by atoms with Gasteiger partial charge in [0.05, 0.1) is 0 Å². The predicted molar refractivity (Wildman–Crippen MR) is 38.1 cm³/mol. The van der Waals surface area contributed by atoms with Crippen molar-refractivity contribution in [3.05, 3.63) is 0 Å². The maximum absolute atomic E-state index is 8.23. The van der Waals surface area contributed by atoms with Crippen molar-refractivity contribution >= 4 is 0 Å². The van der Waals surface area contributed by atoms with Crippen molar-refractivity contribution in [3.8, 4) is 6.26 Å².